The molecule has 198 valence electrons. The van der Waals surface area contributed by atoms with Crippen molar-refractivity contribution in [2.45, 2.75) is 64.8 Å². The summed E-state index contributed by atoms with van der Waals surface area (Å²) >= 11 is 0. The first-order valence-electron chi connectivity index (χ1n) is 12.8. The maximum absolute atomic E-state index is 13.4. The number of quaternary nitrogens is 1. The first-order chi connectivity index (χ1) is 16.7. The normalized spacial score (nSPS) is 12.6. The van der Waals surface area contributed by atoms with Crippen LogP contribution >= 0.6 is 0 Å². The Balaban J connectivity index is 0.00000456. The molecule has 0 unspecified atom stereocenters. The molecular weight excluding hydrogens is 522 g/mol. The van der Waals surface area contributed by atoms with E-state index in [-0.39, 0.29) is 56.5 Å². The van der Waals surface area contributed by atoms with Gasteiger partial charge in [0.2, 0.25) is 5.78 Å². The van der Waals surface area contributed by atoms with Crippen molar-refractivity contribution in [1.29, 1.82) is 0 Å². The molecule has 2 aromatic carbocycles. The minimum absolute atomic E-state index is 0. The lowest BCUT2D eigenvalue weighted by Crippen LogP contribution is -3.00. The van der Waals surface area contributed by atoms with Crippen LogP contribution in [0.25, 0.3) is 0 Å². The van der Waals surface area contributed by atoms with E-state index in [2.05, 4.69) is 21.0 Å². The summed E-state index contributed by atoms with van der Waals surface area (Å²) in [4.78, 5) is 26.7. The highest BCUT2D eigenvalue weighted by atomic mass is 79.9. The van der Waals surface area contributed by atoms with Gasteiger partial charge in [0.1, 0.15) is 23.8 Å². The Hall–Kier alpha value is -2.38. The summed E-state index contributed by atoms with van der Waals surface area (Å²) in [6.07, 6.45) is 10.2. The molecule has 0 bridgehead atoms. The van der Waals surface area contributed by atoms with Gasteiger partial charge in [-0.25, -0.2) is 0 Å². The molecule has 0 fully saturated rings. The van der Waals surface area contributed by atoms with Crippen LogP contribution in [0.15, 0.2) is 24.3 Å². The first kappa shape index (κ1) is 29.8. The molecule has 7 heteroatoms. The van der Waals surface area contributed by atoms with Crippen LogP contribution in [0, 0.1) is 0 Å². The lowest BCUT2D eigenvalue weighted by atomic mass is 9.82. The third-order valence-corrected chi connectivity index (χ3v) is 6.88. The zero-order valence-corrected chi connectivity index (χ0v) is 23.9. The van der Waals surface area contributed by atoms with Crippen LogP contribution in [-0.2, 0) is 6.54 Å². The molecular formula is C29H40BrNO5. The number of rotatable bonds is 13. The molecule has 0 aliphatic heterocycles. The summed E-state index contributed by atoms with van der Waals surface area (Å²) < 4.78 is 11.4. The average molecular weight is 563 g/mol. The van der Waals surface area contributed by atoms with Gasteiger partial charge in [-0.15, -0.1) is 0 Å². The van der Waals surface area contributed by atoms with Crippen LogP contribution in [0.3, 0.4) is 0 Å². The third kappa shape index (κ3) is 6.88. The Bertz CT molecular complexity index is 1080. The standard InChI is InChI=1S/C29H39NO5.BrH/c1-6-7-8-9-10-11-12-13-14-30(2,3)19-20-15-22-26(24(31)16-20)29(33)27-23(28(22)32)17-21(34-4)18-25(27)35-5;/h15-18H,6-14,19H2,1-5H3;1H. The van der Waals surface area contributed by atoms with Crippen LogP contribution < -0.4 is 26.5 Å². The number of carbonyl (C=O) groups excluding carboxylic acids is 2. The Morgan fingerprint density at radius 1 is 0.778 bits per heavy atom. The van der Waals surface area contributed by atoms with Crippen molar-refractivity contribution in [1.82, 2.24) is 0 Å². The van der Waals surface area contributed by atoms with Gasteiger partial charge >= 0.3 is 0 Å². The van der Waals surface area contributed by atoms with Crippen LogP contribution in [0.5, 0.6) is 17.2 Å². The van der Waals surface area contributed by atoms with Crippen molar-refractivity contribution < 1.29 is 45.6 Å². The van der Waals surface area contributed by atoms with Gasteiger partial charge in [0.05, 0.1) is 46.0 Å². The first-order valence-corrected chi connectivity index (χ1v) is 12.8. The number of fused-ring (bicyclic) bond motifs is 2. The van der Waals surface area contributed by atoms with Crippen LogP contribution in [0.1, 0.15) is 95.7 Å². The highest BCUT2D eigenvalue weighted by Crippen LogP contribution is 2.40. The molecule has 0 heterocycles. The predicted octanol–water partition coefficient (Wildman–Crippen LogP) is 2.91. The number of hydrogen-bond acceptors (Lipinski definition) is 5. The van der Waals surface area contributed by atoms with E-state index in [1.807, 2.05) is 0 Å². The van der Waals surface area contributed by atoms with Gasteiger partial charge in [0, 0.05) is 22.8 Å². The van der Waals surface area contributed by atoms with E-state index in [9.17, 15) is 14.7 Å². The van der Waals surface area contributed by atoms with E-state index < -0.39 is 5.78 Å². The summed E-state index contributed by atoms with van der Waals surface area (Å²) in [6, 6.07) is 6.52. The maximum Gasteiger partial charge on any atom is 0.201 e. The fraction of sp³-hybridized carbons (Fsp3) is 0.517. The summed E-state index contributed by atoms with van der Waals surface area (Å²) in [5.74, 6) is -0.182. The molecule has 6 nitrogen and oxygen atoms in total. The van der Waals surface area contributed by atoms with E-state index in [0.717, 1.165) is 23.0 Å². The van der Waals surface area contributed by atoms with Crippen molar-refractivity contribution in [3.05, 3.63) is 52.1 Å². The molecule has 36 heavy (non-hydrogen) atoms. The number of unbranched alkanes of at least 4 members (excludes halogenated alkanes) is 7. The van der Waals surface area contributed by atoms with Crippen LogP contribution in [0.4, 0.5) is 0 Å². The molecule has 0 amide bonds. The van der Waals surface area contributed by atoms with E-state index in [0.29, 0.717) is 12.3 Å². The number of carbonyl (C=O) groups is 2. The Morgan fingerprint density at radius 3 is 2.00 bits per heavy atom. The minimum atomic E-state index is -0.411. The summed E-state index contributed by atoms with van der Waals surface area (Å²) in [6.45, 7) is 3.91. The number of ketones is 2. The van der Waals surface area contributed by atoms with Gasteiger partial charge in [-0.3, -0.25) is 9.59 Å². The lowest BCUT2D eigenvalue weighted by molar-refractivity contribution is -0.903. The molecule has 2 aromatic rings. The molecule has 0 atom stereocenters. The van der Waals surface area contributed by atoms with Crippen LogP contribution in [0.2, 0.25) is 0 Å². The van der Waals surface area contributed by atoms with Gasteiger partial charge in [-0.2, -0.15) is 0 Å². The number of phenols is 1. The summed E-state index contributed by atoms with van der Waals surface area (Å²) in [7, 11) is 7.27. The zero-order chi connectivity index (χ0) is 25.6. The van der Waals surface area contributed by atoms with Gasteiger partial charge in [0.15, 0.2) is 5.78 Å². The van der Waals surface area contributed by atoms with Crippen molar-refractivity contribution in [3.8, 4) is 17.2 Å². The number of hydrogen-bond donors (Lipinski definition) is 1. The Labute approximate surface area is 226 Å². The number of halogens is 1. The van der Waals surface area contributed by atoms with E-state index in [4.69, 9.17) is 9.47 Å². The predicted molar refractivity (Wildman–Crippen MR) is 138 cm³/mol. The fourth-order valence-electron chi connectivity index (χ4n) is 4.99. The second-order valence-electron chi connectivity index (χ2n) is 10.2. The molecule has 1 aliphatic carbocycles. The number of ether oxygens (including phenoxy) is 2. The van der Waals surface area contributed by atoms with E-state index >= 15 is 0 Å². The lowest BCUT2D eigenvalue weighted by Gasteiger charge is -2.30. The summed E-state index contributed by atoms with van der Waals surface area (Å²) in [5.41, 5.74) is 1.52. The molecule has 0 aromatic heterocycles. The molecule has 0 saturated carbocycles. The maximum atomic E-state index is 13.4. The van der Waals surface area contributed by atoms with Crippen LogP contribution in [-0.4, -0.2) is 56.0 Å². The molecule has 1 N–H and O–H groups in total. The van der Waals surface area contributed by atoms with Crippen molar-refractivity contribution >= 4 is 11.6 Å². The SMILES string of the molecule is CCCCCCCCCC[N+](C)(C)Cc1cc(O)c2c(c1)C(=O)c1cc(OC)cc(OC)c1C2=O.[Br-]. The highest BCUT2D eigenvalue weighted by Gasteiger charge is 2.36. The Morgan fingerprint density at radius 2 is 1.39 bits per heavy atom. The monoisotopic (exact) mass is 561 g/mol. The second kappa shape index (κ2) is 13.2. The number of benzene rings is 2. The number of nitrogens with zero attached hydrogens (tertiary/aromatic N) is 1. The van der Waals surface area contributed by atoms with Crippen molar-refractivity contribution in [2.75, 3.05) is 34.9 Å². The van der Waals surface area contributed by atoms with Gasteiger partial charge in [-0.05, 0) is 31.0 Å². The summed E-state index contributed by atoms with van der Waals surface area (Å²) in [5, 5.41) is 10.8. The fourth-order valence-corrected chi connectivity index (χ4v) is 4.99. The molecule has 0 saturated heterocycles. The average Bonchev–Trinajstić information content (AvgIpc) is 2.82. The molecule has 1 aliphatic rings. The third-order valence-electron chi connectivity index (χ3n) is 6.88. The van der Waals surface area contributed by atoms with E-state index in [1.165, 1.54) is 59.2 Å². The zero-order valence-electron chi connectivity index (χ0n) is 22.3. The minimum Gasteiger partial charge on any atom is -1.00 e. The van der Waals surface area contributed by atoms with Crippen molar-refractivity contribution in [3.63, 3.8) is 0 Å². The number of phenolic OH excluding ortho intramolecular Hbond substituents is 1. The smallest absolute Gasteiger partial charge is 0.201 e. The topological polar surface area (TPSA) is 72.8 Å². The second-order valence-corrected chi connectivity index (χ2v) is 10.2. The van der Waals surface area contributed by atoms with Gasteiger partial charge in [-0.1, -0.05) is 45.4 Å². The molecule has 0 radical (unpaired) electrons. The highest BCUT2D eigenvalue weighted by molar-refractivity contribution is 6.30. The van der Waals surface area contributed by atoms with Crippen molar-refractivity contribution in [2.24, 2.45) is 0 Å². The number of aromatic hydroxyl groups is 1. The van der Waals surface area contributed by atoms with E-state index in [1.54, 1.807) is 24.3 Å². The number of methoxy groups -OCH3 is 2. The van der Waals surface area contributed by atoms with Gasteiger partial charge < -0.3 is 36.0 Å². The molecule has 0 spiro atoms. The largest absolute Gasteiger partial charge is 1.00 e. The molecule has 3 rings (SSSR count). The Kier molecular flexibility index (Phi) is 11.0. The quantitative estimate of drug-likeness (QED) is 0.256. The van der Waals surface area contributed by atoms with Gasteiger partial charge in [0.25, 0.3) is 0 Å².